The van der Waals surface area contributed by atoms with Crippen molar-refractivity contribution in [1.82, 2.24) is 4.98 Å². The van der Waals surface area contributed by atoms with Crippen LogP contribution in [0.15, 0.2) is 52.8 Å². The van der Waals surface area contributed by atoms with Gasteiger partial charge in [0, 0.05) is 5.69 Å². The summed E-state index contributed by atoms with van der Waals surface area (Å²) in [5.74, 6) is 0.601. The molecule has 2 aromatic rings. The smallest absolute Gasteiger partial charge is 0.176 e. The van der Waals surface area contributed by atoms with E-state index in [1.54, 1.807) is 0 Å². The highest BCUT2D eigenvalue weighted by molar-refractivity contribution is 5.43. The molecule has 0 aliphatic heterocycles. The monoisotopic (exact) mass is 226 g/mol. The van der Waals surface area contributed by atoms with Gasteiger partial charge in [0.25, 0.3) is 0 Å². The van der Waals surface area contributed by atoms with Gasteiger partial charge in [0.1, 0.15) is 0 Å². The molecule has 0 amide bonds. The van der Waals surface area contributed by atoms with Crippen LogP contribution in [0, 0.1) is 13.8 Å². The molecule has 0 spiro atoms. The third-order valence-electron chi connectivity index (χ3n) is 2.26. The van der Waals surface area contributed by atoms with Crippen LogP contribution in [0.2, 0.25) is 0 Å². The van der Waals surface area contributed by atoms with E-state index in [1.807, 2.05) is 56.3 Å². The molecule has 17 heavy (non-hydrogen) atoms. The molecule has 0 unspecified atom stereocenters. The standard InChI is InChI=1S/C13H14N4/c1-10-6-8-12(9-7-10)15-17-16-13-5-3-4-11(2)14-13/h3-9H,1-2H3,(H,14,15,16). The minimum atomic E-state index is 0.601. The maximum absolute atomic E-state index is 4.22. The van der Waals surface area contributed by atoms with Gasteiger partial charge in [0.05, 0.1) is 5.69 Å². The van der Waals surface area contributed by atoms with E-state index < -0.39 is 0 Å². The van der Waals surface area contributed by atoms with Gasteiger partial charge in [-0.15, -0.1) is 5.11 Å². The van der Waals surface area contributed by atoms with Gasteiger partial charge in [-0.05, 0) is 38.1 Å². The third kappa shape index (κ3) is 3.38. The first-order valence-electron chi connectivity index (χ1n) is 5.41. The average molecular weight is 226 g/mol. The summed E-state index contributed by atoms with van der Waals surface area (Å²) < 4.78 is 0. The minimum Gasteiger partial charge on any atom is -0.260 e. The van der Waals surface area contributed by atoms with Gasteiger partial charge >= 0.3 is 0 Å². The van der Waals surface area contributed by atoms with E-state index in [0.717, 1.165) is 11.4 Å². The SMILES string of the molecule is Cc1ccc(N/N=N\c2cccc(C)n2)cc1. The number of pyridine rings is 1. The van der Waals surface area contributed by atoms with Crippen LogP contribution in [0.5, 0.6) is 0 Å². The summed E-state index contributed by atoms with van der Waals surface area (Å²) >= 11 is 0. The second-order valence-electron chi connectivity index (χ2n) is 3.81. The van der Waals surface area contributed by atoms with Gasteiger partial charge in [-0.25, -0.2) is 4.98 Å². The zero-order valence-electron chi connectivity index (χ0n) is 9.88. The molecule has 0 aliphatic carbocycles. The van der Waals surface area contributed by atoms with Gasteiger partial charge in [-0.2, -0.15) is 0 Å². The van der Waals surface area contributed by atoms with Crippen molar-refractivity contribution in [2.75, 3.05) is 5.43 Å². The lowest BCUT2D eigenvalue weighted by molar-refractivity contribution is 1.07. The molecule has 1 N–H and O–H groups in total. The summed E-state index contributed by atoms with van der Waals surface area (Å²) in [6, 6.07) is 13.6. The molecule has 0 atom stereocenters. The van der Waals surface area contributed by atoms with Gasteiger partial charge in [0.15, 0.2) is 5.82 Å². The molecule has 1 heterocycles. The van der Waals surface area contributed by atoms with Crippen molar-refractivity contribution in [3.63, 3.8) is 0 Å². The molecular weight excluding hydrogens is 212 g/mol. The lowest BCUT2D eigenvalue weighted by Crippen LogP contribution is -1.86. The first kappa shape index (κ1) is 11.3. The summed E-state index contributed by atoms with van der Waals surface area (Å²) in [6.07, 6.45) is 0. The average Bonchev–Trinajstić information content (AvgIpc) is 2.32. The van der Waals surface area contributed by atoms with Crippen LogP contribution in [-0.2, 0) is 0 Å². The zero-order valence-corrected chi connectivity index (χ0v) is 9.88. The molecule has 0 saturated heterocycles. The summed E-state index contributed by atoms with van der Waals surface area (Å²) in [7, 11) is 0. The molecule has 1 aromatic carbocycles. The topological polar surface area (TPSA) is 49.6 Å². The van der Waals surface area contributed by atoms with Crippen molar-refractivity contribution in [3.8, 4) is 0 Å². The molecule has 0 radical (unpaired) electrons. The molecule has 1 aromatic heterocycles. The molecule has 4 heteroatoms. The van der Waals surface area contributed by atoms with Gasteiger partial charge in [-0.3, -0.25) is 5.43 Å². The number of hydrogen-bond donors (Lipinski definition) is 1. The van der Waals surface area contributed by atoms with Crippen molar-refractivity contribution in [2.45, 2.75) is 13.8 Å². The molecule has 0 bridgehead atoms. The second-order valence-corrected chi connectivity index (χ2v) is 3.81. The summed E-state index contributed by atoms with van der Waals surface area (Å²) in [6.45, 7) is 3.97. The quantitative estimate of drug-likeness (QED) is 0.639. The fourth-order valence-corrected chi connectivity index (χ4v) is 1.35. The van der Waals surface area contributed by atoms with E-state index in [0.29, 0.717) is 5.82 Å². The van der Waals surface area contributed by atoms with Crippen LogP contribution < -0.4 is 5.43 Å². The van der Waals surface area contributed by atoms with Crippen LogP contribution in [0.1, 0.15) is 11.3 Å². The van der Waals surface area contributed by atoms with Crippen LogP contribution in [-0.4, -0.2) is 4.98 Å². The Morgan fingerprint density at radius 1 is 1.00 bits per heavy atom. The number of anilines is 1. The Morgan fingerprint density at radius 3 is 2.47 bits per heavy atom. The second kappa shape index (κ2) is 5.21. The molecule has 2 rings (SSSR count). The summed E-state index contributed by atoms with van der Waals surface area (Å²) in [5.41, 5.74) is 5.91. The van der Waals surface area contributed by atoms with Crippen molar-refractivity contribution < 1.29 is 0 Å². The molecule has 0 aliphatic rings. The molecular formula is C13H14N4. The van der Waals surface area contributed by atoms with E-state index in [4.69, 9.17) is 0 Å². The number of nitrogens with one attached hydrogen (secondary N) is 1. The van der Waals surface area contributed by atoms with E-state index in [2.05, 4.69) is 20.7 Å². The van der Waals surface area contributed by atoms with Gasteiger partial charge in [0.2, 0.25) is 0 Å². The fraction of sp³-hybridized carbons (Fsp3) is 0.154. The first-order chi connectivity index (χ1) is 8.24. The molecule has 0 saturated carbocycles. The fourth-order valence-electron chi connectivity index (χ4n) is 1.35. The van der Waals surface area contributed by atoms with Crippen LogP contribution >= 0.6 is 0 Å². The third-order valence-corrected chi connectivity index (χ3v) is 2.26. The van der Waals surface area contributed by atoms with E-state index in [-0.39, 0.29) is 0 Å². The summed E-state index contributed by atoms with van der Waals surface area (Å²) in [4.78, 5) is 4.22. The molecule has 0 fully saturated rings. The van der Waals surface area contributed by atoms with Crippen molar-refractivity contribution in [3.05, 3.63) is 53.7 Å². The number of aromatic nitrogens is 1. The number of nitrogens with zero attached hydrogens (tertiary/aromatic N) is 3. The normalized spacial score (nSPS) is 10.7. The molecule has 4 nitrogen and oxygen atoms in total. The Balaban J connectivity index is 2.00. The minimum absolute atomic E-state index is 0.601. The van der Waals surface area contributed by atoms with E-state index >= 15 is 0 Å². The first-order valence-corrected chi connectivity index (χ1v) is 5.41. The Labute approximate surface area is 100 Å². The number of benzene rings is 1. The number of hydrogen-bond acceptors (Lipinski definition) is 3. The van der Waals surface area contributed by atoms with Gasteiger partial charge < -0.3 is 0 Å². The van der Waals surface area contributed by atoms with Crippen LogP contribution in [0.4, 0.5) is 11.5 Å². The van der Waals surface area contributed by atoms with Crippen molar-refractivity contribution in [1.29, 1.82) is 0 Å². The highest BCUT2D eigenvalue weighted by Crippen LogP contribution is 2.11. The Kier molecular flexibility index (Phi) is 3.45. The Bertz CT molecular complexity index is 517. The van der Waals surface area contributed by atoms with Crippen LogP contribution in [0.3, 0.4) is 0 Å². The van der Waals surface area contributed by atoms with Crippen molar-refractivity contribution in [2.24, 2.45) is 10.3 Å². The molecule has 86 valence electrons. The van der Waals surface area contributed by atoms with Crippen molar-refractivity contribution >= 4 is 11.5 Å². The lowest BCUT2D eigenvalue weighted by atomic mass is 10.2. The highest BCUT2D eigenvalue weighted by atomic mass is 15.4. The number of rotatable bonds is 3. The highest BCUT2D eigenvalue weighted by Gasteiger charge is 1.91. The summed E-state index contributed by atoms with van der Waals surface area (Å²) in [5, 5.41) is 7.88. The largest absolute Gasteiger partial charge is 0.260 e. The maximum Gasteiger partial charge on any atom is 0.176 e. The zero-order chi connectivity index (χ0) is 12.1. The maximum atomic E-state index is 4.22. The van der Waals surface area contributed by atoms with E-state index in [9.17, 15) is 0 Å². The Morgan fingerprint density at radius 2 is 1.76 bits per heavy atom. The predicted octanol–water partition coefficient (Wildman–Crippen LogP) is 3.81. The van der Waals surface area contributed by atoms with Crippen LogP contribution in [0.25, 0.3) is 0 Å². The Hall–Kier alpha value is -2.23. The number of aryl methyl sites for hydroxylation is 2. The predicted molar refractivity (Wildman–Crippen MR) is 68.3 cm³/mol. The van der Waals surface area contributed by atoms with Gasteiger partial charge in [-0.1, -0.05) is 29.0 Å². The van der Waals surface area contributed by atoms with E-state index in [1.165, 1.54) is 5.56 Å². The lowest BCUT2D eigenvalue weighted by Gasteiger charge is -1.99.